The molecule has 4 aromatic rings. The summed E-state index contributed by atoms with van der Waals surface area (Å²) in [5, 5.41) is 39.2. The first-order valence-corrected chi connectivity index (χ1v) is 15.5. The Labute approximate surface area is 258 Å². The van der Waals surface area contributed by atoms with Crippen molar-refractivity contribution in [3.8, 4) is 23.0 Å². The van der Waals surface area contributed by atoms with Crippen molar-refractivity contribution in [2.24, 2.45) is 11.8 Å². The molecule has 6 rings (SSSR count). The van der Waals surface area contributed by atoms with Gasteiger partial charge >= 0.3 is 0 Å². The number of phenolic OH excluding ortho intramolecular Hbond substituents is 4. The summed E-state index contributed by atoms with van der Waals surface area (Å²) in [5.41, 5.74) is 4.38. The Hall–Kier alpha value is -4.26. The number of hydrogen-bond acceptors (Lipinski definition) is 6. The molecule has 6 atom stereocenters. The van der Waals surface area contributed by atoms with Crippen molar-refractivity contribution < 1.29 is 29.9 Å². The third-order valence-corrected chi connectivity index (χ3v) is 9.04. The number of rotatable bonds is 9. The minimum Gasteiger partial charge on any atom is -0.508 e. The number of aryl methyl sites for hydroxylation is 2. The number of benzene rings is 4. The van der Waals surface area contributed by atoms with Crippen molar-refractivity contribution in [2.45, 2.75) is 62.9 Å². The summed E-state index contributed by atoms with van der Waals surface area (Å²) >= 11 is 0. The summed E-state index contributed by atoms with van der Waals surface area (Å²) < 4.78 is 13.8. The van der Waals surface area contributed by atoms with Gasteiger partial charge in [0.05, 0.1) is 24.4 Å². The van der Waals surface area contributed by atoms with Crippen LogP contribution in [0.2, 0.25) is 0 Å². The van der Waals surface area contributed by atoms with Crippen LogP contribution >= 0.6 is 0 Å². The molecule has 2 fully saturated rings. The van der Waals surface area contributed by atoms with Crippen LogP contribution in [-0.2, 0) is 22.3 Å². The molecule has 6 nitrogen and oxygen atoms in total. The molecule has 4 aromatic carbocycles. The molecule has 0 saturated carbocycles. The van der Waals surface area contributed by atoms with Gasteiger partial charge in [-0.3, -0.25) is 0 Å². The molecule has 6 heteroatoms. The highest BCUT2D eigenvalue weighted by molar-refractivity contribution is 5.51. The fraction of sp³-hybridized carbons (Fsp3) is 0.316. The van der Waals surface area contributed by atoms with Crippen LogP contribution in [0.1, 0.15) is 54.0 Å². The molecular weight excluding hydrogens is 552 g/mol. The van der Waals surface area contributed by atoms with Gasteiger partial charge in [-0.2, -0.15) is 0 Å². The first-order chi connectivity index (χ1) is 21.4. The van der Waals surface area contributed by atoms with E-state index in [9.17, 15) is 20.4 Å². The Morgan fingerprint density at radius 1 is 0.568 bits per heavy atom. The topological polar surface area (TPSA) is 99.4 Å². The van der Waals surface area contributed by atoms with Crippen LogP contribution < -0.4 is 0 Å². The van der Waals surface area contributed by atoms with E-state index in [2.05, 4.69) is 12.2 Å². The molecule has 228 valence electrons. The largest absolute Gasteiger partial charge is 0.508 e. The Kier molecular flexibility index (Phi) is 9.20. The van der Waals surface area contributed by atoms with Crippen molar-refractivity contribution in [1.29, 1.82) is 0 Å². The highest BCUT2D eigenvalue weighted by atomic mass is 16.5. The molecule has 0 spiro atoms. The smallest absolute Gasteiger partial charge is 0.115 e. The number of phenols is 4. The zero-order valence-corrected chi connectivity index (χ0v) is 24.7. The molecule has 2 saturated heterocycles. The third kappa shape index (κ3) is 7.44. The average molecular weight is 593 g/mol. The minimum atomic E-state index is -0.202. The molecule has 2 aliphatic heterocycles. The first kappa shape index (κ1) is 29.8. The van der Waals surface area contributed by atoms with Gasteiger partial charge in [-0.15, -0.1) is 0 Å². The van der Waals surface area contributed by atoms with Crippen molar-refractivity contribution >= 4 is 6.08 Å². The molecule has 0 aliphatic carbocycles. The van der Waals surface area contributed by atoms with Crippen LogP contribution in [0.4, 0.5) is 0 Å². The predicted molar refractivity (Wildman–Crippen MR) is 171 cm³/mol. The van der Waals surface area contributed by atoms with E-state index in [1.165, 1.54) is 5.56 Å². The van der Waals surface area contributed by atoms with E-state index in [0.717, 1.165) is 55.2 Å². The number of ether oxygens (including phenoxy) is 2. The maximum atomic E-state index is 10.0. The van der Waals surface area contributed by atoms with E-state index in [1.54, 1.807) is 48.5 Å². The van der Waals surface area contributed by atoms with E-state index >= 15 is 0 Å². The van der Waals surface area contributed by atoms with Gasteiger partial charge in [0.1, 0.15) is 23.0 Å². The van der Waals surface area contributed by atoms with E-state index in [1.807, 2.05) is 48.5 Å². The Bertz CT molecular complexity index is 1510. The lowest BCUT2D eigenvalue weighted by atomic mass is 9.71. The maximum absolute atomic E-state index is 10.0. The first-order valence-electron chi connectivity index (χ1n) is 15.5. The number of fused-ring (bicyclic) bond motifs is 1. The summed E-state index contributed by atoms with van der Waals surface area (Å²) in [6.45, 7) is 0. The maximum Gasteiger partial charge on any atom is 0.115 e. The normalized spacial score (nSPS) is 25.1. The van der Waals surface area contributed by atoms with E-state index in [-0.39, 0.29) is 59.2 Å². The fourth-order valence-corrected chi connectivity index (χ4v) is 6.72. The van der Waals surface area contributed by atoms with Gasteiger partial charge < -0.3 is 29.9 Å². The Morgan fingerprint density at radius 3 is 1.59 bits per heavy atom. The second-order valence-corrected chi connectivity index (χ2v) is 12.1. The SMILES string of the molecule is Oc1ccc(/C=C\[C@@H]2C[C@H](CCc3ccc(O)cc3)O[C@@H]3C[C@H](CCc4ccc(O)cc4)O[C@H](c4ccc(O)cc4)[C@@H]23)cc1. The standard InChI is InChI=1S/C38H40O6/c39-30-13-2-25(3-14-30)1-10-29-23-34(21-8-26-4-15-31(40)16-5-26)43-36-24-35(22-9-27-6-17-32(41)18-7-27)44-38(37(29)36)28-11-19-33(42)20-12-28/h1-7,10-20,29,34-42H,8-9,21-24H2/b10-1-/t29-,34+,35+,36-,37+,38-/m1/s1. The van der Waals surface area contributed by atoms with Crippen molar-refractivity contribution in [2.75, 3.05) is 0 Å². The van der Waals surface area contributed by atoms with Crippen LogP contribution in [0.3, 0.4) is 0 Å². The Balaban J connectivity index is 1.27. The van der Waals surface area contributed by atoms with Crippen molar-refractivity contribution in [3.63, 3.8) is 0 Å². The minimum absolute atomic E-state index is 0.0126. The van der Waals surface area contributed by atoms with E-state index < -0.39 is 0 Å². The molecule has 0 bridgehead atoms. The molecule has 0 aromatic heterocycles. The molecule has 2 aliphatic rings. The lowest BCUT2D eigenvalue weighted by molar-refractivity contribution is -0.209. The van der Waals surface area contributed by atoms with Crippen molar-refractivity contribution in [3.05, 3.63) is 125 Å². The summed E-state index contributed by atoms with van der Waals surface area (Å²) in [6, 6.07) is 29.4. The van der Waals surface area contributed by atoms with Gasteiger partial charge in [-0.25, -0.2) is 0 Å². The monoisotopic (exact) mass is 592 g/mol. The highest BCUT2D eigenvalue weighted by Crippen LogP contribution is 2.48. The van der Waals surface area contributed by atoms with E-state index in [0.29, 0.717) is 0 Å². The van der Waals surface area contributed by atoms with Crippen LogP contribution in [0.15, 0.2) is 103 Å². The molecule has 4 N–H and O–H groups in total. The van der Waals surface area contributed by atoms with Crippen LogP contribution in [0.5, 0.6) is 23.0 Å². The average Bonchev–Trinajstić information content (AvgIpc) is 3.04. The second-order valence-electron chi connectivity index (χ2n) is 12.1. The second kappa shape index (κ2) is 13.6. The molecule has 0 unspecified atom stereocenters. The van der Waals surface area contributed by atoms with Gasteiger partial charge in [0.25, 0.3) is 0 Å². The zero-order valence-electron chi connectivity index (χ0n) is 24.7. The summed E-state index contributed by atoms with van der Waals surface area (Å²) in [5.74, 6) is 1.27. The summed E-state index contributed by atoms with van der Waals surface area (Å²) in [4.78, 5) is 0. The summed E-state index contributed by atoms with van der Waals surface area (Å²) in [7, 11) is 0. The highest BCUT2D eigenvalue weighted by Gasteiger charge is 2.47. The van der Waals surface area contributed by atoms with Gasteiger partial charge in [-0.1, -0.05) is 60.7 Å². The van der Waals surface area contributed by atoms with Gasteiger partial charge in [-0.05, 0) is 109 Å². The van der Waals surface area contributed by atoms with Gasteiger partial charge in [0, 0.05) is 12.3 Å². The zero-order chi connectivity index (χ0) is 30.5. The summed E-state index contributed by atoms with van der Waals surface area (Å²) in [6.07, 6.45) is 9.29. The quantitative estimate of drug-likeness (QED) is 0.159. The lowest BCUT2D eigenvalue weighted by Crippen LogP contribution is -2.50. The molecule has 2 heterocycles. The molecule has 0 radical (unpaired) electrons. The Morgan fingerprint density at radius 2 is 1.05 bits per heavy atom. The van der Waals surface area contributed by atoms with Crippen LogP contribution in [-0.4, -0.2) is 38.7 Å². The molecule has 44 heavy (non-hydrogen) atoms. The lowest BCUT2D eigenvalue weighted by Gasteiger charge is -2.50. The van der Waals surface area contributed by atoms with Crippen LogP contribution in [0.25, 0.3) is 6.08 Å². The number of aromatic hydroxyl groups is 4. The van der Waals surface area contributed by atoms with Gasteiger partial charge in [0.2, 0.25) is 0 Å². The molecule has 0 amide bonds. The fourth-order valence-electron chi connectivity index (χ4n) is 6.72. The third-order valence-electron chi connectivity index (χ3n) is 9.04. The van der Waals surface area contributed by atoms with Crippen LogP contribution in [0, 0.1) is 11.8 Å². The molecular formula is C38H40O6. The van der Waals surface area contributed by atoms with Gasteiger partial charge in [0.15, 0.2) is 0 Å². The number of hydrogen-bond donors (Lipinski definition) is 4. The number of allylic oxidation sites excluding steroid dienone is 1. The van der Waals surface area contributed by atoms with Crippen molar-refractivity contribution in [1.82, 2.24) is 0 Å². The van der Waals surface area contributed by atoms with E-state index in [4.69, 9.17) is 9.47 Å². The predicted octanol–water partition coefficient (Wildman–Crippen LogP) is 7.71.